The van der Waals surface area contributed by atoms with Gasteiger partial charge in [-0.15, -0.1) is 0 Å². The Bertz CT molecular complexity index is 467. The SMILES string of the molecule is COCCN(CCBr)S(=O)(=O)c1c(C)noc1C. The Hall–Kier alpha value is -0.440. The minimum Gasteiger partial charge on any atom is -0.383 e. The smallest absolute Gasteiger partial charge is 0.248 e. The highest BCUT2D eigenvalue weighted by molar-refractivity contribution is 9.09. The Morgan fingerprint density at radius 2 is 2.06 bits per heavy atom. The van der Waals surface area contributed by atoms with Crippen molar-refractivity contribution in [3.63, 3.8) is 0 Å². The first-order chi connectivity index (χ1) is 8.45. The van der Waals surface area contributed by atoms with Gasteiger partial charge in [0.05, 0.1) is 6.61 Å². The number of halogens is 1. The number of hydrogen-bond donors (Lipinski definition) is 0. The third-order valence-corrected chi connectivity index (χ3v) is 4.94. The van der Waals surface area contributed by atoms with Gasteiger partial charge in [0, 0.05) is 25.5 Å². The second-order valence-electron chi connectivity index (χ2n) is 3.74. The number of sulfonamides is 1. The number of methoxy groups -OCH3 is 1. The fourth-order valence-corrected chi connectivity index (χ4v) is 3.99. The van der Waals surface area contributed by atoms with Crippen molar-refractivity contribution in [3.05, 3.63) is 11.5 Å². The molecule has 0 saturated carbocycles. The van der Waals surface area contributed by atoms with Crippen LogP contribution in [0.3, 0.4) is 0 Å². The molecule has 0 aliphatic carbocycles. The molecule has 0 radical (unpaired) electrons. The molecule has 0 amide bonds. The Morgan fingerprint density at radius 3 is 2.50 bits per heavy atom. The summed E-state index contributed by atoms with van der Waals surface area (Å²) in [6.45, 7) is 4.22. The quantitative estimate of drug-likeness (QED) is 0.700. The lowest BCUT2D eigenvalue weighted by atomic mass is 10.4. The van der Waals surface area contributed by atoms with E-state index in [0.717, 1.165) is 0 Å². The molecule has 0 atom stereocenters. The Kier molecular flexibility index (Phi) is 5.77. The molecule has 0 aliphatic rings. The predicted octanol–water partition coefficient (Wildman–Crippen LogP) is 1.32. The van der Waals surface area contributed by atoms with Gasteiger partial charge in [0.25, 0.3) is 0 Å². The molecule has 0 bridgehead atoms. The topological polar surface area (TPSA) is 72.6 Å². The first-order valence-electron chi connectivity index (χ1n) is 5.43. The lowest BCUT2D eigenvalue weighted by molar-refractivity contribution is 0.180. The van der Waals surface area contributed by atoms with Crippen molar-refractivity contribution in [2.45, 2.75) is 18.7 Å². The summed E-state index contributed by atoms with van der Waals surface area (Å²) < 4.78 is 36.2. The van der Waals surface area contributed by atoms with E-state index in [9.17, 15) is 8.42 Å². The molecular weight excluding hydrogens is 324 g/mol. The monoisotopic (exact) mass is 340 g/mol. The van der Waals surface area contributed by atoms with Crippen molar-refractivity contribution >= 4 is 26.0 Å². The first-order valence-corrected chi connectivity index (χ1v) is 7.99. The zero-order valence-electron chi connectivity index (χ0n) is 10.6. The van der Waals surface area contributed by atoms with Crippen LogP contribution in [0, 0.1) is 13.8 Å². The zero-order valence-corrected chi connectivity index (χ0v) is 13.0. The Balaban J connectivity index is 3.09. The van der Waals surface area contributed by atoms with Gasteiger partial charge in [-0.1, -0.05) is 21.1 Å². The highest BCUT2D eigenvalue weighted by Gasteiger charge is 2.30. The van der Waals surface area contributed by atoms with Crippen LogP contribution in [0.2, 0.25) is 0 Å². The normalized spacial score (nSPS) is 12.3. The molecule has 1 heterocycles. The largest absolute Gasteiger partial charge is 0.383 e. The molecule has 8 heteroatoms. The van der Waals surface area contributed by atoms with Gasteiger partial charge < -0.3 is 9.26 Å². The summed E-state index contributed by atoms with van der Waals surface area (Å²) in [6.07, 6.45) is 0. The molecule has 0 N–H and O–H groups in total. The van der Waals surface area contributed by atoms with E-state index < -0.39 is 10.0 Å². The molecule has 0 fully saturated rings. The summed E-state index contributed by atoms with van der Waals surface area (Å²) in [5.74, 6) is 0.310. The predicted molar refractivity (Wildman–Crippen MR) is 70.4 cm³/mol. The summed E-state index contributed by atoms with van der Waals surface area (Å²) in [6, 6.07) is 0. The summed E-state index contributed by atoms with van der Waals surface area (Å²) in [5.41, 5.74) is 0.379. The number of nitrogens with zero attached hydrogens (tertiary/aromatic N) is 2. The molecule has 1 rings (SSSR count). The van der Waals surface area contributed by atoms with Crippen LogP contribution in [-0.4, -0.2) is 50.0 Å². The number of hydrogen-bond acceptors (Lipinski definition) is 5. The molecular formula is C10H17BrN2O4S. The molecule has 104 valence electrons. The van der Waals surface area contributed by atoms with E-state index in [2.05, 4.69) is 21.1 Å². The fraction of sp³-hybridized carbons (Fsp3) is 0.700. The van der Waals surface area contributed by atoms with Crippen molar-refractivity contribution in [2.24, 2.45) is 0 Å². The third-order valence-electron chi connectivity index (χ3n) is 2.44. The van der Waals surface area contributed by atoms with Crippen molar-refractivity contribution < 1.29 is 17.7 Å². The Labute approximate surface area is 115 Å². The summed E-state index contributed by atoms with van der Waals surface area (Å²) >= 11 is 3.25. The van der Waals surface area contributed by atoms with Gasteiger partial charge in [0.2, 0.25) is 10.0 Å². The highest BCUT2D eigenvalue weighted by atomic mass is 79.9. The number of aromatic nitrogens is 1. The van der Waals surface area contributed by atoms with Gasteiger partial charge in [-0.25, -0.2) is 8.42 Å². The van der Waals surface area contributed by atoms with E-state index in [1.165, 1.54) is 11.4 Å². The van der Waals surface area contributed by atoms with Crippen LogP contribution in [0.15, 0.2) is 9.42 Å². The maximum absolute atomic E-state index is 12.5. The first kappa shape index (κ1) is 15.6. The lowest BCUT2D eigenvalue weighted by Crippen LogP contribution is -2.35. The number of aryl methyl sites for hydroxylation is 2. The summed E-state index contributed by atoms with van der Waals surface area (Å²) in [4.78, 5) is 0.152. The average Bonchev–Trinajstić information content (AvgIpc) is 2.64. The van der Waals surface area contributed by atoms with Crippen LogP contribution in [0.5, 0.6) is 0 Å². The maximum atomic E-state index is 12.5. The van der Waals surface area contributed by atoms with Crippen LogP contribution in [-0.2, 0) is 14.8 Å². The van der Waals surface area contributed by atoms with E-state index >= 15 is 0 Å². The maximum Gasteiger partial charge on any atom is 0.248 e. The molecule has 0 aliphatic heterocycles. The van der Waals surface area contributed by atoms with Crippen LogP contribution in [0.25, 0.3) is 0 Å². The zero-order chi connectivity index (χ0) is 13.8. The van der Waals surface area contributed by atoms with Crippen molar-refractivity contribution in [1.29, 1.82) is 0 Å². The van der Waals surface area contributed by atoms with Gasteiger partial charge in [0.1, 0.15) is 10.6 Å². The van der Waals surface area contributed by atoms with Crippen LogP contribution in [0.4, 0.5) is 0 Å². The summed E-state index contributed by atoms with van der Waals surface area (Å²) in [7, 11) is -2.05. The van der Waals surface area contributed by atoms with Crippen LogP contribution >= 0.6 is 15.9 Å². The van der Waals surface area contributed by atoms with Gasteiger partial charge >= 0.3 is 0 Å². The minimum atomic E-state index is -3.59. The lowest BCUT2D eigenvalue weighted by Gasteiger charge is -2.20. The molecule has 1 aromatic rings. The van der Waals surface area contributed by atoms with Crippen molar-refractivity contribution in [3.8, 4) is 0 Å². The molecule has 6 nitrogen and oxygen atoms in total. The van der Waals surface area contributed by atoms with E-state index in [0.29, 0.717) is 36.5 Å². The second kappa shape index (κ2) is 6.65. The van der Waals surface area contributed by atoms with E-state index in [-0.39, 0.29) is 4.90 Å². The molecule has 0 unspecified atom stereocenters. The van der Waals surface area contributed by atoms with Crippen LogP contribution in [0.1, 0.15) is 11.5 Å². The number of alkyl halides is 1. The van der Waals surface area contributed by atoms with Gasteiger partial charge in [0.15, 0.2) is 5.76 Å². The standard InChI is InChI=1S/C10H17BrN2O4S/c1-8-10(9(2)17-12-8)18(14,15)13(5-4-11)6-7-16-3/h4-7H2,1-3H3. The van der Waals surface area contributed by atoms with Crippen molar-refractivity contribution in [1.82, 2.24) is 9.46 Å². The van der Waals surface area contributed by atoms with E-state index in [1.807, 2.05) is 0 Å². The van der Waals surface area contributed by atoms with Gasteiger partial charge in [-0.05, 0) is 13.8 Å². The molecule has 0 spiro atoms. The van der Waals surface area contributed by atoms with Crippen LogP contribution < -0.4 is 0 Å². The number of rotatable bonds is 7. The number of ether oxygens (including phenoxy) is 1. The van der Waals surface area contributed by atoms with E-state index in [1.54, 1.807) is 13.8 Å². The summed E-state index contributed by atoms with van der Waals surface area (Å²) in [5, 5.41) is 4.24. The average molecular weight is 341 g/mol. The van der Waals surface area contributed by atoms with E-state index in [4.69, 9.17) is 9.26 Å². The minimum absolute atomic E-state index is 0.152. The van der Waals surface area contributed by atoms with Gasteiger partial charge in [-0.3, -0.25) is 0 Å². The molecule has 0 aromatic carbocycles. The van der Waals surface area contributed by atoms with Crippen molar-refractivity contribution in [2.75, 3.05) is 32.1 Å². The second-order valence-corrected chi connectivity index (χ2v) is 6.41. The van der Waals surface area contributed by atoms with Gasteiger partial charge in [-0.2, -0.15) is 4.31 Å². The fourth-order valence-electron chi connectivity index (χ4n) is 1.61. The highest BCUT2D eigenvalue weighted by Crippen LogP contribution is 2.23. The molecule has 0 saturated heterocycles. The molecule has 18 heavy (non-hydrogen) atoms. The Morgan fingerprint density at radius 1 is 1.39 bits per heavy atom. The molecule has 1 aromatic heterocycles. The third kappa shape index (κ3) is 3.31.